The molecule has 0 spiro atoms. The van der Waals surface area contributed by atoms with Crippen molar-refractivity contribution in [3.8, 4) is 5.75 Å². The van der Waals surface area contributed by atoms with Crippen LogP contribution < -0.4 is 15.4 Å². The fourth-order valence-electron chi connectivity index (χ4n) is 2.49. The number of carbonyl (C=O) groups is 1. The molecule has 0 aromatic heterocycles. The number of halogens is 1. The fourth-order valence-corrected chi connectivity index (χ4v) is 2.87. The molecule has 1 saturated heterocycles. The van der Waals surface area contributed by atoms with Gasteiger partial charge in [0.25, 0.3) is 0 Å². The van der Waals surface area contributed by atoms with Crippen LogP contribution in [0, 0.1) is 5.92 Å². The summed E-state index contributed by atoms with van der Waals surface area (Å²) in [7, 11) is 0. The predicted molar refractivity (Wildman–Crippen MR) is 87.5 cm³/mol. The van der Waals surface area contributed by atoms with E-state index in [1.54, 1.807) is 0 Å². The lowest BCUT2D eigenvalue weighted by Crippen LogP contribution is -2.48. The Labute approximate surface area is 134 Å². The molecule has 1 aliphatic heterocycles. The minimum absolute atomic E-state index is 0.131. The molecule has 2 rings (SSSR count). The first-order valence-electron chi connectivity index (χ1n) is 7.53. The van der Waals surface area contributed by atoms with E-state index in [1.165, 1.54) is 0 Å². The van der Waals surface area contributed by atoms with Crippen molar-refractivity contribution in [1.82, 2.24) is 10.6 Å². The lowest BCUT2D eigenvalue weighted by atomic mass is 9.95. The molecular weight excluding hydrogens is 332 g/mol. The van der Waals surface area contributed by atoms with Crippen LogP contribution in [-0.4, -0.2) is 31.6 Å². The maximum Gasteiger partial charge on any atom is 0.220 e. The SMILES string of the molecule is CC1CNCCC1NC(=O)CCCOc1cccc(Br)c1. The molecule has 21 heavy (non-hydrogen) atoms. The van der Waals surface area contributed by atoms with Gasteiger partial charge in [-0.3, -0.25) is 4.79 Å². The second-order valence-electron chi connectivity index (χ2n) is 5.55. The lowest BCUT2D eigenvalue weighted by Gasteiger charge is -2.30. The van der Waals surface area contributed by atoms with Crippen LogP contribution >= 0.6 is 15.9 Å². The number of rotatable bonds is 6. The van der Waals surface area contributed by atoms with Crippen molar-refractivity contribution >= 4 is 21.8 Å². The van der Waals surface area contributed by atoms with Crippen LogP contribution in [0.25, 0.3) is 0 Å². The number of hydrogen-bond donors (Lipinski definition) is 2. The van der Waals surface area contributed by atoms with Crippen LogP contribution in [0.4, 0.5) is 0 Å². The Hall–Kier alpha value is -1.07. The molecule has 4 nitrogen and oxygen atoms in total. The van der Waals surface area contributed by atoms with E-state index in [-0.39, 0.29) is 5.91 Å². The maximum absolute atomic E-state index is 11.9. The van der Waals surface area contributed by atoms with E-state index in [4.69, 9.17) is 4.74 Å². The Morgan fingerprint density at radius 2 is 2.38 bits per heavy atom. The third kappa shape index (κ3) is 5.67. The summed E-state index contributed by atoms with van der Waals surface area (Å²) >= 11 is 3.41. The summed E-state index contributed by atoms with van der Waals surface area (Å²) in [5.41, 5.74) is 0. The summed E-state index contributed by atoms with van der Waals surface area (Å²) in [5, 5.41) is 6.47. The molecule has 1 fully saturated rings. The van der Waals surface area contributed by atoms with Crippen molar-refractivity contribution in [3.05, 3.63) is 28.7 Å². The van der Waals surface area contributed by atoms with Crippen molar-refractivity contribution in [3.63, 3.8) is 0 Å². The van der Waals surface area contributed by atoms with Crippen LogP contribution in [0.5, 0.6) is 5.75 Å². The van der Waals surface area contributed by atoms with Crippen molar-refractivity contribution in [2.45, 2.75) is 32.2 Å². The molecule has 1 amide bonds. The van der Waals surface area contributed by atoms with Crippen molar-refractivity contribution in [2.75, 3.05) is 19.7 Å². The van der Waals surface area contributed by atoms with E-state index < -0.39 is 0 Å². The average molecular weight is 355 g/mol. The van der Waals surface area contributed by atoms with Gasteiger partial charge >= 0.3 is 0 Å². The molecule has 1 aliphatic rings. The topological polar surface area (TPSA) is 50.4 Å². The zero-order valence-corrected chi connectivity index (χ0v) is 14.0. The molecule has 2 atom stereocenters. The summed E-state index contributed by atoms with van der Waals surface area (Å²) in [6.45, 7) is 4.71. The Balaban J connectivity index is 1.63. The Bertz CT molecular complexity index is 467. The summed E-state index contributed by atoms with van der Waals surface area (Å²) in [6.07, 6.45) is 2.27. The Kier molecular flexibility index (Phi) is 6.51. The molecule has 0 saturated carbocycles. The maximum atomic E-state index is 11.9. The Morgan fingerprint density at radius 3 is 3.14 bits per heavy atom. The van der Waals surface area contributed by atoms with E-state index in [2.05, 4.69) is 33.5 Å². The highest BCUT2D eigenvalue weighted by molar-refractivity contribution is 9.10. The summed E-state index contributed by atoms with van der Waals surface area (Å²) in [5.74, 6) is 1.46. The van der Waals surface area contributed by atoms with E-state index >= 15 is 0 Å². The van der Waals surface area contributed by atoms with Gasteiger partial charge in [-0.15, -0.1) is 0 Å². The highest BCUT2D eigenvalue weighted by Crippen LogP contribution is 2.18. The quantitative estimate of drug-likeness (QED) is 0.772. The van der Waals surface area contributed by atoms with Crippen LogP contribution in [0.15, 0.2) is 28.7 Å². The van der Waals surface area contributed by atoms with Gasteiger partial charge in [0.1, 0.15) is 5.75 Å². The third-order valence-corrected chi connectivity index (χ3v) is 4.24. The van der Waals surface area contributed by atoms with E-state index in [0.717, 1.165) is 36.2 Å². The average Bonchev–Trinajstić information content (AvgIpc) is 2.46. The number of nitrogens with one attached hydrogen (secondary N) is 2. The first-order chi connectivity index (χ1) is 10.1. The van der Waals surface area contributed by atoms with Gasteiger partial charge in [-0.1, -0.05) is 28.9 Å². The van der Waals surface area contributed by atoms with Crippen LogP contribution in [0.3, 0.4) is 0 Å². The highest BCUT2D eigenvalue weighted by Gasteiger charge is 2.22. The standard InChI is InChI=1S/C16H23BrN2O2/c1-12-11-18-8-7-15(12)19-16(20)6-3-9-21-14-5-2-4-13(17)10-14/h2,4-5,10,12,15,18H,3,6-9,11H2,1H3,(H,19,20). The first-order valence-corrected chi connectivity index (χ1v) is 8.33. The largest absolute Gasteiger partial charge is 0.494 e. The van der Waals surface area contributed by atoms with Crippen LogP contribution in [-0.2, 0) is 4.79 Å². The minimum Gasteiger partial charge on any atom is -0.494 e. The number of amides is 1. The molecule has 1 heterocycles. The number of piperidine rings is 1. The number of ether oxygens (including phenoxy) is 1. The van der Waals surface area contributed by atoms with Crippen LogP contribution in [0.2, 0.25) is 0 Å². The van der Waals surface area contributed by atoms with Gasteiger partial charge in [0.2, 0.25) is 5.91 Å². The molecule has 5 heteroatoms. The lowest BCUT2D eigenvalue weighted by molar-refractivity contribution is -0.122. The van der Waals surface area contributed by atoms with E-state index in [9.17, 15) is 4.79 Å². The summed E-state index contributed by atoms with van der Waals surface area (Å²) in [4.78, 5) is 11.9. The number of carbonyl (C=O) groups excluding carboxylic acids is 1. The first kappa shape index (κ1) is 16.3. The molecule has 2 unspecified atom stereocenters. The van der Waals surface area contributed by atoms with Gasteiger partial charge < -0.3 is 15.4 Å². The normalized spacial score (nSPS) is 21.8. The van der Waals surface area contributed by atoms with Crippen molar-refractivity contribution in [1.29, 1.82) is 0 Å². The number of benzene rings is 1. The van der Waals surface area contributed by atoms with Crippen LogP contribution in [0.1, 0.15) is 26.2 Å². The predicted octanol–water partition coefficient (Wildman–Crippen LogP) is 2.72. The minimum atomic E-state index is 0.131. The number of hydrogen-bond acceptors (Lipinski definition) is 3. The molecule has 2 N–H and O–H groups in total. The Morgan fingerprint density at radius 1 is 1.52 bits per heavy atom. The third-order valence-electron chi connectivity index (χ3n) is 3.74. The molecule has 0 radical (unpaired) electrons. The molecule has 0 aliphatic carbocycles. The zero-order valence-electron chi connectivity index (χ0n) is 12.4. The van der Waals surface area contributed by atoms with E-state index in [1.807, 2.05) is 24.3 Å². The van der Waals surface area contributed by atoms with Gasteiger partial charge in [0, 0.05) is 16.9 Å². The van der Waals surface area contributed by atoms with Gasteiger partial charge in [-0.2, -0.15) is 0 Å². The molecule has 1 aromatic carbocycles. The summed E-state index contributed by atoms with van der Waals surface area (Å²) in [6, 6.07) is 8.05. The molecule has 116 valence electrons. The molecule has 0 bridgehead atoms. The second-order valence-corrected chi connectivity index (χ2v) is 6.47. The smallest absolute Gasteiger partial charge is 0.220 e. The molecular formula is C16H23BrN2O2. The van der Waals surface area contributed by atoms with Crippen molar-refractivity contribution in [2.24, 2.45) is 5.92 Å². The highest BCUT2D eigenvalue weighted by atomic mass is 79.9. The summed E-state index contributed by atoms with van der Waals surface area (Å²) < 4.78 is 6.63. The van der Waals surface area contributed by atoms with Gasteiger partial charge in [0.15, 0.2) is 0 Å². The van der Waals surface area contributed by atoms with E-state index in [0.29, 0.717) is 25.0 Å². The molecule has 1 aromatic rings. The van der Waals surface area contributed by atoms with Gasteiger partial charge in [0.05, 0.1) is 6.61 Å². The zero-order chi connectivity index (χ0) is 15.1. The van der Waals surface area contributed by atoms with Crippen molar-refractivity contribution < 1.29 is 9.53 Å². The fraction of sp³-hybridized carbons (Fsp3) is 0.562. The monoisotopic (exact) mass is 354 g/mol. The van der Waals surface area contributed by atoms with Gasteiger partial charge in [-0.25, -0.2) is 0 Å². The van der Waals surface area contributed by atoms with Gasteiger partial charge in [-0.05, 0) is 50.0 Å². The second kappa shape index (κ2) is 8.39.